The van der Waals surface area contributed by atoms with Crippen molar-refractivity contribution in [1.29, 1.82) is 0 Å². The summed E-state index contributed by atoms with van der Waals surface area (Å²) in [4.78, 5) is 32.9. The van der Waals surface area contributed by atoms with Gasteiger partial charge >= 0.3 is 0 Å². The Bertz CT molecular complexity index is 766. The predicted octanol–water partition coefficient (Wildman–Crippen LogP) is 5.89. The van der Waals surface area contributed by atoms with E-state index in [9.17, 15) is 0 Å². The molecule has 0 amide bonds. The van der Waals surface area contributed by atoms with E-state index >= 15 is 0 Å². The van der Waals surface area contributed by atoms with Crippen LogP contribution in [-0.4, -0.2) is 20.4 Å². The van der Waals surface area contributed by atoms with E-state index in [0.29, 0.717) is 17.1 Å². The molecule has 0 aliphatic carbocycles. The first-order valence-electron chi connectivity index (χ1n) is 7.78. The van der Waals surface area contributed by atoms with Gasteiger partial charge in [0.1, 0.15) is 0 Å². The Balaban J connectivity index is -0.000000155. The Kier molecular flexibility index (Phi) is 33.8. The molecular formula is C24H18MoN3O3-3. The second-order valence-corrected chi connectivity index (χ2v) is 4.34. The van der Waals surface area contributed by atoms with Crippen molar-refractivity contribution in [2.45, 2.75) is 0 Å². The van der Waals surface area contributed by atoms with Crippen molar-refractivity contribution in [1.82, 2.24) is 0 Å². The van der Waals surface area contributed by atoms with Crippen molar-refractivity contribution in [2.24, 2.45) is 0 Å². The Hall–Kier alpha value is -4.17. The van der Waals surface area contributed by atoms with Crippen LogP contribution in [0.4, 0.5) is 17.1 Å². The van der Waals surface area contributed by atoms with E-state index < -0.39 is 0 Å². The van der Waals surface area contributed by atoms with E-state index in [0.717, 1.165) is 0 Å². The first-order chi connectivity index (χ1) is 14.8. The molecule has 0 atom stereocenters. The molecule has 31 heavy (non-hydrogen) atoms. The number of hydrogen-bond donors (Lipinski definition) is 0. The summed E-state index contributed by atoms with van der Waals surface area (Å²) >= 11 is 0. The smallest absolute Gasteiger partial charge is 0.187 e. The van der Waals surface area contributed by atoms with Gasteiger partial charge in [0.15, 0.2) is 17.1 Å². The minimum absolute atomic E-state index is 0. The standard InChI is InChI=1S/3C7H5N.3CHO.Mo/c3*1-8-7-5-3-2-4-6-7;3*1-2;/h3*2-6H;3*1H;/q;;;3*-1;. The minimum Gasteiger partial charge on any atom is -0.545 e. The van der Waals surface area contributed by atoms with E-state index in [2.05, 4.69) is 34.9 Å². The molecule has 0 radical (unpaired) electrons. The van der Waals surface area contributed by atoms with Crippen LogP contribution < -0.4 is 0 Å². The van der Waals surface area contributed by atoms with Crippen LogP contribution in [0.1, 0.15) is 0 Å². The predicted molar refractivity (Wildman–Crippen MR) is 118 cm³/mol. The Morgan fingerprint density at radius 3 is 0.677 bits per heavy atom. The van der Waals surface area contributed by atoms with E-state index in [1.807, 2.05) is 54.6 Å². The molecule has 0 N–H and O–H groups in total. The summed E-state index contributed by atoms with van der Waals surface area (Å²) in [5, 5.41) is 0. The topological polar surface area (TPSA) is 64.3 Å². The first kappa shape index (κ1) is 34.3. The fourth-order valence-corrected chi connectivity index (χ4v) is 1.51. The van der Waals surface area contributed by atoms with Gasteiger partial charge in [0.2, 0.25) is 0 Å². The molecule has 7 heteroatoms. The molecule has 3 rings (SSSR count). The van der Waals surface area contributed by atoms with Gasteiger partial charge in [0.05, 0.1) is 19.7 Å². The second kappa shape index (κ2) is 30.6. The fourth-order valence-electron chi connectivity index (χ4n) is 1.51. The van der Waals surface area contributed by atoms with Crippen LogP contribution in [-0.2, 0) is 35.4 Å². The summed E-state index contributed by atoms with van der Waals surface area (Å²) in [7, 11) is 0. The summed E-state index contributed by atoms with van der Waals surface area (Å²) in [6, 6.07) is 27.5. The number of para-hydroxylation sites is 3. The van der Waals surface area contributed by atoms with Gasteiger partial charge in [-0.3, -0.25) is 20.4 Å². The molecule has 0 unspecified atom stereocenters. The van der Waals surface area contributed by atoms with Gasteiger partial charge in [0, 0.05) is 21.1 Å². The van der Waals surface area contributed by atoms with Gasteiger partial charge in [-0.25, -0.2) is 14.5 Å². The molecule has 0 spiro atoms. The fraction of sp³-hybridized carbons (Fsp3) is 0. The van der Waals surface area contributed by atoms with E-state index in [1.54, 1.807) is 36.4 Å². The van der Waals surface area contributed by atoms with Crippen LogP contribution >= 0.6 is 0 Å². The molecule has 0 bridgehead atoms. The second-order valence-electron chi connectivity index (χ2n) is 4.34. The normalized spacial score (nSPS) is 6.48. The summed E-state index contributed by atoms with van der Waals surface area (Å²) in [5.41, 5.74) is 2.10. The van der Waals surface area contributed by atoms with Crippen LogP contribution in [0.25, 0.3) is 14.5 Å². The third kappa shape index (κ3) is 22.0. The number of carbonyl (C=O) groups excluding carboxylic acids is 3. The summed E-state index contributed by atoms with van der Waals surface area (Å²) in [5.74, 6) is 0. The van der Waals surface area contributed by atoms with E-state index in [-0.39, 0.29) is 21.1 Å². The average Bonchev–Trinajstić information content (AvgIpc) is 2.90. The molecule has 0 saturated heterocycles. The van der Waals surface area contributed by atoms with Crippen molar-refractivity contribution in [3.8, 4) is 0 Å². The van der Waals surface area contributed by atoms with Gasteiger partial charge in [0.25, 0.3) is 0 Å². The van der Waals surface area contributed by atoms with E-state index in [1.165, 1.54) is 0 Å². The van der Waals surface area contributed by atoms with Crippen molar-refractivity contribution in [3.05, 3.63) is 125 Å². The number of rotatable bonds is 0. The van der Waals surface area contributed by atoms with Crippen LogP contribution in [0.3, 0.4) is 0 Å². The maximum atomic E-state index is 7.75. The number of nitrogens with zero attached hydrogens (tertiary/aromatic N) is 3. The molecule has 0 fully saturated rings. The van der Waals surface area contributed by atoms with Crippen molar-refractivity contribution in [2.75, 3.05) is 0 Å². The van der Waals surface area contributed by atoms with Crippen LogP contribution in [0.15, 0.2) is 91.0 Å². The summed E-state index contributed by atoms with van der Waals surface area (Å²) < 4.78 is 0. The quantitative estimate of drug-likeness (QED) is 0.224. The van der Waals surface area contributed by atoms with Gasteiger partial charge in [-0.2, -0.15) is 0 Å². The molecule has 0 heterocycles. The zero-order chi connectivity index (χ0) is 23.5. The van der Waals surface area contributed by atoms with Crippen molar-refractivity contribution in [3.63, 3.8) is 0 Å². The first-order valence-corrected chi connectivity index (χ1v) is 7.78. The van der Waals surface area contributed by atoms with Gasteiger partial charge in [-0.15, -0.1) is 0 Å². The maximum absolute atomic E-state index is 7.75. The molecular weight excluding hydrogens is 474 g/mol. The number of hydrogen-bond acceptors (Lipinski definition) is 3. The molecule has 0 aliphatic heterocycles. The molecule has 156 valence electrons. The average molecular weight is 492 g/mol. The SMILES string of the molecule is [C-]#[N+]c1ccccc1.[C-]#[N+]c1ccccc1.[C-]#[N+]c1ccccc1.[CH-]=O.[CH-]=O.[CH-]=O.[Mo]. The van der Waals surface area contributed by atoms with Crippen LogP contribution in [0.2, 0.25) is 0 Å². The van der Waals surface area contributed by atoms with Crippen LogP contribution in [0, 0.1) is 19.7 Å². The Morgan fingerprint density at radius 2 is 0.581 bits per heavy atom. The molecule has 3 aromatic rings. The minimum atomic E-state index is 0. The van der Waals surface area contributed by atoms with Crippen molar-refractivity contribution >= 4 is 37.4 Å². The zero-order valence-electron chi connectivity index (χ0n) is 16.4. The van der Waals surface area contributed by atoms with Crippen molar-refractivity contribution < 1.29 is 35.4 Å². The molecule has 0 aromatic heterocycles. The third-order valence-electron chi connectivity index (χ3n) is 2.66. The Labute approximate surface area is 197 Å². The van der Waals surface area contributed by atoms with Gasteiger partial charge in [-0.1, -0.05) is 91.0 Å². The van der Waals surface area contributed by atoms with E-state index in [4.69, 9.17) is 34.1 Å². The molecule has 3 aromatic carbocycles. The molecule has 6 nitrogen and oxygen atoms in total. The summed E-state index contributed by atoms with van der Waals surface area (Å²) in [6.07, 6.45) is 0. The maximum Gasteiger partial charge on any atom is 0.187 e. The largest absolute Gasteiger partial charge is 0.545 e. The van der Waals surface area contributed by atoms with Crippen LogP contribution in [0.5, 0.6) is 0 Å². The molecule has 0 aliphatic rings. The number of benzene rings is 3. The van der Waals surface area contributed by atoms with Gasteiger partial charge < -0.3 is 14.4 Å². The van der Waals surface area contributed by atoms with Gasteiger partial charge in [-0.05, 0) is 0 Å². The summed E-state index contributed by atoms with van der Waals surface area (Å²) in [6.45, 7) is 29.5. The monoisotopic (exact) mass is 494 g/mol. The Morgan fingerprint density at radius 1 is 0.419 bits per heavy atom. The third-order valence-corrected chi connectivity index (χ3v) is 2.66. The molecule has 0 saturated carbocycles. The zero-order valence-corrected chi connectivity index (χ0v) is 18.4.